The molecule has 2 fully saturated rings. The van der Waals surface area contributed by atoms with Crippen LogP contribution in [0, 0.1) is 11.8 Å². The Balaban J connectivity index is 0.00000169. The predicted molar refractivity (Wildman–Crippen MR) is 109 cm³/mol. The summed E-state index contributed by atoms with van der Waals surface area (Å²) in [6, 6.07) is 7.98. The van der Waals surface area contributed by atoms with E-state index >= 15 is 0 Å². The van der Waals surface area contributed by atoms with E-state index in [1.54, 1.807) is 0 Å². The van der Waals surface area contributed by atoms with Gasteiger partial charge in [-0.15, -0.1) is 24.8 Å². The molecular weight excluding hydrogens is 375 g/mol. The molecule has 2 amide bonds. The lowest BCUT2D eigenvalue weighted by molar-refractivity contribution is -0.122. The van der Waals surface area contributed by atoms with Gasteiger partial charge in [-0.05, 0) is 44.2 Å². The summed E-state index contributed by atoms with van der Waals surface area (Å²) in [6.45, 7) is 1.55. The highest BCUT2D eigenvalue weighted by Gasteiger charge is 2.29. The molecule has 2 atom stereocenters. The number of nitrogens with two attached hydrogens (primary N) is 2. The third-order valence-electron chi connectivity index (χ3n) is 5.24. The molecule has 146 valence electrons. The number of anilines is 2. The van der Waals surface area contributed by atoms with Crippen LogP contribution in [0.15, 0.2) is 24.3 Å². The molecule has 0 bridgehead atoms. The van der Waals surface area contributed by atoms with E-state index in [0.29, 0.717) is 0 Å². The minimum absolute atomic E-state index is 0. The fourth-order valence-electron chi connectivity index (χ4n) is 3.75. The average molecular weight is 403 g/mol. The first-order valence-electron chi connectivity index (χ1n) is 8.74. The Bertz CT molecular complexity index is 621. The molecule has 6 nitrogen and oxygen atoms in total. The van der Waals surface area contributed by atoms with Gasteiger partial charge in [0, 0.05) is 31.0 Å². The Labute approximate surface area is 166 Å². The molecule has 3 rings (SSSR count). The summed E-state index contributed by atoms with van der Waals surface area (Å²) in [5.74, 6) is -0.187. The molecule has 0 spiro atoms. The van der Waals surface area contributed by atoms with Gasteiger partial charge in [-0.1, -0.05) is 12.1 Å². The molecule has 8 heteroatoms. The van der Waals surface area contributed by atoms with E-state index in [0.717, 1.165) is 56.6 Å². The number of carbonyl (C=O) groups excluding carboxylic acids is 2. The normalized spacial score (nSPS) is 22.9. The maximum atomic E-state index is 12.5. The predicted octanol–water partition coefficient (Wildman–Crippen LogP) is 2.30. The molecule has 1 aromatic carbocycles. The van der Waals surface area contributed by atoms with Gasteiger partial charge in [0.15, 0.2) is 0 Å². The van der Waals surface area contributed by atoms with Crippen molar-refractivity contribution in [2.75, 3.05) is 23.3 Å². The van der Waals surface area contributed by atoms with E-state index < -0.39 is 0 Å². The van der Waals surface area contributed by atoms with E-state index in [-0.39, 0.29) is 54.5 Å². The van der Waals surface area contributed by atoms with Crippen LogP contribution in [0.25, 0.3) is 0 Å². The molecule has 1 aliphatic heterocycles. The molecule has 1 saturated heterocycles. The first-order chi connectivity index (χ1) is 11.5. The zero-order chi connectivity index (χ0) is 17.1. The maximum absolute atomic E-state index is 12.5. The summed E-state index contributed by atoms with van der Waals surface area (Å²) in [7, 11) is 0. The average Bonchev–Trinajstić information content (AvgIpc) is 3.02. The minimum Gasteiger partial charge on any atom is -0.370 e. The SMILES string of the molecule is Cl.Cl.NC(=O)C1CCN(c2ccccc2NC(=O)C2CCC(N)C2)CC1. The summed E-state index contributed by atoms with van der Waals surface area (Å²) < 4.78 is 0. The number of primary amides is 1. The van der Waals surface area contributed by atoms with Gasteiger partial charge in [0.25, 0.3) is 0 Å². The standard InChI is InChI=1S/C18H26N4O2.2ClH/c19-14-6-5-13(11-14)18(24)21-15-3-1-2-4-16(15)22-9-7-12(8-10-22)17(20)23;;/h1-4,12-14H,5-11,19H2,(H2,20,23)(H,21,24);2*1H. The highest BCUT2D eigenvalue weighted by molar-refractivity contribution is 5.96. The van der Waals surface area contributed by atoms with Crippen LogP contribution in [0.2, 0.25) is 0 Å². The molecule has 2 unspecified atom stereocenters. The van der Waals surface area contributed by atoms with Crippen molar-refractivity contribution in [3.63, 3.8) is 0 Å². The molecule has 1 aromatic rings. The number of hydrogen-bond donors (Lipinski definition) is 3. The monoisotopic (exact) mass is 402 g/mol. The van der Waals surface area contributed by atoms with Gasteiger partial charge in [-0.25, -0.2) is 0 Å². The van der Waals surface area contributed by atoms with Crippen LogP contribution in [-0.4, -0.2) is 30.9 Å². The van der Waals surface area contributed by atoms with Crippen LogP contribution < -0.4 is 21.7 Å². The van der Waals surface area contributed by atoms with Gasteiger partial charge in [-0.3, -0.25) is 9.59 Å². The Morgan fingerprint density at radius 3 is 2.23 bits per heavy atom. The van der Waals surface area contributed by atoms with Gasteiger partial charge < -0.3 is 21.7 Å². The van der Waals surface area contributed by atoms with Crippen LogP contribution in [0.3, 0.4) is 0 Å². The molecule has 2 aliphatic rings. The summed E-state index contributed by atoms with van der Waals surface area (Å²) in [5.41, 5.74) is 13.2. The first kappa shape index (κ1) is 22.5. The van der Waals surface area contributed by atoms with Crippen LogP contribution in [0.4, 0.5) is 11.4 Å². The minimum atomic E-state index is -0.214. The van der Waals surface area contributed by atoms with Crippen molar-refractivity contribution in [2.24, 2.45) is 23.3 Å². The second-order valence-corrected chi connectivity index (χ2v) is 6.94. The summed E-state index contributed by atoms with van der Waals surface area (Å²) >= 11 is 0. The largest absolute Gasteiger partial charge is 0.370 e. The van der Waals surface area contributed by atoms with Gasteiger partial charge in [-0.2, -0.15) is 0 Å². The zero-order valence-corrected chi connectivity index (χ0v) is 16.4. The summed E-state index contributed by atoms with van der Waals surface area (Å²) in [6.07, 6.45) is 4.06. The van der Waals surface area contributed by atoms with E-state index in [4.69, 9.17) is 11.5 Å². The van der Waals surface area contributed by atoms with Crippen molar-refractivity contribution >= 4 is 48.0 Å². The zero-order valence-electron chi connectivity index (χ0n) is 14.7. The maximum Gasteiger partial charge on any atom is 0.227 e. The van der Waals surface area contributed by atoms with Crippen molar-refractivity contribution in [2.45, 2.75) is 38.1 Å². The first-order valence-corrected chi connectivity index (χ1v) is 8.74. The Kier molecular flexibility index (Phi) is 8.67. The number of rotatable bonds is 4. The number of nitrogens with zero attached hydrogens (tertiary/aromatic N) is 1. The van der Waals surface area contributed by atoms with Gasteiger partial charge >= 0.3 is 0 Å². The van der Waals surface area contributed by atoms with Crippen LogP contribution in [0.1, 0.15) is 32.1 Å². The highest BCUT2D eigenvalue weighted by Crippen LogP contribution is 2.31. The lowest BCUT2D eigenvalue weighted by Crippen LogP contribution is -2.39. The van der Waals surface area contributed by atoms with Crippen molar-refractivity contribution in [3.8, 4) is 0 Å². The topological polar surface area (TPSA) is 101 Å². The smallest absolute Gasteiger partial charge is 0.227 e. The lowest BCUT2D eigenvalue weighted by atomic mass is 9.96. The second-order valence-electron chi connectivity index (χ2n) is 6.94. The molecule has 0 aromatic heterocycles. The Hall–Kier alpha value is -1.50. The van der Waals surface area contributed by atoms with E-state index in [2.05, 4.69) is 10.2 Å². The van der Waals surface area contributed by atoms with Crippen molar-refractivity contribution in [1.29, 1.82) is 0 Å². The third kappa shape index (κ3) is 5.25. The van der Waals surface area contributed by atoms with Gasteiger partial charge in [0.1, 0.15) is 0 Å². The molecular formula is C18H28Cl2N4O2. The Morgan fingerprint density at radius 1 is 1.00 bits per heavy atom. The molecule has 1 aliphatic carbocycles. The third-order valence-corrected chi connectivity index (χ3v) is 5.24. The summed E-state index contributed by atoms with van der Waals surface area (Å²) in [5, 5.41) is 3.08. The Morgan fingerprint density at radius 2 is 1.65 bits per heavy atom. The number of amides is 2. The molecule has 1 saturated carbocycles. The van der Waals surface area contributed by atoms with Crippen molar-refractivity contribution in [1.82, 2.24) is 0 Å². The number of carbonyl (C=O) groups is 2. The number of piperidine rings is 1. The lowest BCUT2D eigenvalue weighted by Gasteiger charge is -2.33. The quantitative estimate of drug-likeness (QED) is 0.718. The number of nitrogens with one attached hydrogen (secondary N) is 1. The fourth-order valence-corrected chi connectivity index (χ4v) is 3.75. The van der Waals surface area contributed by atoms with Crippen LogP contribution >= 0.6 is 24.8 Å². The van der Waals surface area contributed by atoms with Crippen LogP contribution in [0.5, 0.6) is 0 Å². The van der Waals surface area contributed by atoms with E-state index in [9.17, 15) is 9.59 Å². The van der Waals surface area contributed by atoms with Crippen LogP contribution in [-0.2, 0) is 9.59 Å². The van der Waals surface area contributed by atoms with Crippen molar-refractivity contribution < 1.29 is 9.59 Å². The molecule has 0 radical (unpaired) electrons. The number of hydrogen-bond acceptors (Lipinski definition) is 4. The molecule has 1 heterocycles. The van der Waals surface area contributed by atoms with E-state index in [1.165, 1.54) is 0 Å². The molecule has 26 heavy (non-hydrogen) atoms. The second kappa shape index (κ2) is 10.00. The fraction of sp³-hybridized carbons (Fsp3) is 0.556. The van der Waals surface area contributed by atoms with E-state index in [1.807, 2.05) is 24.3 Å². The number of benzene rings is 1. The van der Waals surface area contributed by atoms with Gasteiger partial charge in [0.2, 0.25) is 11.8 Å². The summed E-state index contributed by atoms with van der Waals surface area (Å²) in [4.78, 5) is 26.0. The highest BCUT2D eigenvalue weighted by atomic mass is 35.5. The number of halogens is 2. The molecule has 5 N–H and O–H groups in total. The van der Waals surface area contributed by atoms with Crippen molar-refractivity contribution in [3.05, 3.63) is 24.3 Å². The van der Waals surface area contributed by atoms with Gasteiger partial charge in [0.05, 0.1) is 11.4 Å². The number of para-hydroxylation sites is 2.